The van der Waals surface area contributed by atoms with Crippen molar-refractivity contribution in [3.63, 3.8) is 0 Å². The number of nitrogens with zero attached hydrogens (tertiary/aromatic N) is 3. The van der Waals surface area contributed by atoms with E-state index in [1.807, 2.05) is 11.1 Å². The second-order valence-corrected chi connectivity index (χ2v) is 9.12. The maximum absolute atomic E-state index is 12.7. The zero-order chi connectivity index (χ0) is 21.2. The Morgan fingerprint density at radius 3 is 2.81 bits per heavy atom. The van der Waals surface area contributed by atoms with E-state index >= 15 is 0 Å². The van der Waals surface area contributed by atoms with Crippen molar-refractivity contribution in [3.8, 4) is 16.9 Å². The monoisotopic (exact) mass is 423 g/mol. The van der Waals surface area contributed by atoms with Gasteiger partial charge in [-0.05, 0) is 70.7 Å². The summed E-state index contributed by atoms with van der Waals surface area (Å²) in [4.78, 5) is 14.6. The summed E-state index contributed by atoms with van der Waals surface area (Å²) in [5, 5.41) is 11.7. The Balaban J connectivity index is 1.43. The first-order chi connectivity index (χ1) is 15.2. The predicted octanol–water partition coefficient (Wildman–Crippen LogP) is 3.22. The molecule has 1 aromatic heterocycles. The number of likely N-dealkylation sites (tertiary alicyclic amines) is 1. The van der Waals surface area contributed by atoms with E-state index in [1.54, 1.807) is 0 Å². The molecule has 31 heavy (non-hydrogen) atoms. The highest BCUT2D eigenvalue weighted by atomic mass is 16.5. The Bertz CT molecular complexity index is 928. The number of aromatic nitrogens is 2. The molecule has 2 saturated heterocycles. The van der Waals surface area contributed by atoms with Crippen molar-refractivity contribution < 1.29 is 9.53 Å². The predicted molar refractivity (Wildman–Crippen MR) is 122 cm³/mol. The summed E-state index contributed by atoms with van der Waals surface area (Å²) in [6.07, 6.45) is 10.5. The van der Waals surface area contributed by atoms with Gasteiger partial charge in [-0.3, -0.25) is 9.48 Å². The van der Waals surface area contributed by atoms with Gasteiger partial charge in [0.15, 0.2) is 6.61 Å². The van der Waals surface area contributed by atoms with Gasteiger partial charge >= 0.3 is 0 Å². The molecular formula is C24H33N5O2. The molecule has 0 spiro atoms. The Kier molecular flexibility index (Phi) is 5.85. The lowest BCUT2D eigenvalue weighted by atomic mass is 9.94. The highest BCUT2D eigenvalue weighted by Gasteiger charge is 2.25. The lowest BCUT2D eigenvalue weighted by molar-refractivity contribution is -0.132. The molecule has 0 unspecified atom stereocenters. The first-order valence-corrected chi connectivity index (χ1v) is 11.8. The van der Waals surface area contributed by atoms with E-state index < -0.39 is 0 Å². The molecule has 1 aromatic carbocycles. The summed E-state index contributed by atoms with van der Waals surface area (Å²) in [6, 6.07) is 5.15. The SMILES string of the molecule is C[C@H]1CCc2c(ccc(-c3cnn(C4CCNCC4)c3)c2OCC(=O)N2CCCC2)N1. The Labute approximate surface area is 184 Å². The van der Waals surface area contributed by atoms with Crippen LogP contribution in [0.3, 0.4) is 0 Å². The molecule has 7 heteroatoms. The molecule has 2 fully saturated rings. The standard InChI is InChI=1S/C24H33N5O2/c1-17-4-5-21-22(27-17)7-6-20(24(21)31-16-23(30)28-12-2-3-13-28)18-14-26-29(15-18)19-8-10-25-11-9-19/h6-7,14-15,17,19,25,27H,2-5,8-13,16H2,1H3/t17-/m0/s1. The summed E-state index contributed by atoms with van der Waals surface area (Å²) in [6.45, 7) is 6.08. The molecular weight excluding hydrogens is 390 g/mol. The van der Waals surface area contributed by atoms with Gasteiger partial charge in [-0.1, -0.05) is 0 Å². The van der Waals surface area contributed by atoms with E-state index in [4.69, 9.17) is 4.74 Å². The Morgan fingerprint density at radius 2 is 2.00 bits per heavy atom. The lowest BCUT2D eigenvalue weighted by Crippen LogP contribution is -2.32. The molecule has 3 aliphatic rings. The number of piperidine rings is 1. The van der Waals surface area contributed by atoms with E-state index in [0.717, 1.165) is 87.3 Å². The largest absolute Gasteiger partial charge is 0.483 e. The summed E-state index contributed by atoms with van der Waals surface area (Å²) in [5.74, 6) is 0.929. The van der Waals surface area contributed by atoms with Crippen molar-refractivity contribution in [2.24, 2.45) is 0 Å². The van der Waals surface area contributed by atoms with E-state index in [1.165, 1.54) is 5.56 Å². The third kappa shape index (κ3) is 4.28. The van der Waals surface area contributed by atoms with Crippen molar-refractivity contribution in [2.75, 3.05) is 38.1 Å². The second kappa shape index (κ2) is 8.91. The minimum atomic E-state index is 0.0867. The number of benzene rings is 1. The number of hydrogen-bond acceptors (Lipinski definition) is 5. The second-order valence-electron chi connectivity index (χ2n) is 9.12. The first-order valence-electron chi connectivity index (χ1n) is 11.8. The molecule has 0 bridgehead atoms. The topological polar surface area (TPSA) is 71.4 Å². The fourth-order valence-electron chi connectivity index (χ4n) is 5.04. The fraction of sp³-hybridized carbons (Fsp3) is 0.583. The lowest BCUT2D eigenvalue weighted by Gasteiger charge is -2.27. The summed E-state index contributed by atoms with van der Waals surface area (Å²) >= 11 is 0. The average molecular weight is 424 g/mol. The number of carbonyl (C=O) groups excluding carboxylic acids is 1. The molecule has 166 valence electrons. The van der Waals surface area contributed by atoms with Crippen molar-refractivity contribution in [2.45, 2.75) is 57.5 Å². The van der Waals surface area contributed by atoms with Crippen LogP contribution in [0, 0.1) is 0 Å². The van der Waals surface area contributed by atoms with E-state index in [0.29, 0.717) is 12.1 Å². The van der Waals surface area contributed by atoms with Gasteiger partial charge in [-0.25, -0.2) is 0 Å². The molecule has 2 N–H and O–H groups in total. The van der Waals surface area contributed by atoms with Crippen LogP contribution in [0.2, 0.25) is 0 Å². The van der Waals surface area contributed by atoms with Gasteiger partial charge in [0.25, 0.3) is 5.91 Å². The van der Waals surface area contributed by atoms with Crippen LogP contribution in [-0.2, 0) is 11.2 Å². The van der Waals surface area contributed by atoms with E-state index in [2.05, 4.69) is 45.7 Å². The highest BCUT2D eigenvalue weighted by molar-refractivity contribution is 5.80. The van der Waals surface area contributed by atoms with Crippen LogP contribution in [-0.4, -0.2) is 59.4 Å². The van der Waals surface area contributed by atoms with Crippen molar-refractivity contribution >= 4 is 11.6 Å². The van der Waals surface area contributed by atoms with Crippen LogP contribution in [0.25, 0.3) is 11.1 Å². The van der Waals surface area contributed by atoms with Crippen molar-refractivity contribution in [1.29, 1.82) is 0 Å². The first kappa shape index (κ1) is 20.4. The minimum absolute atomic E-state index is 0.0867. The third-order valence-electron chi connectivity index (χ3n) is 6.88. The van der Waals surface area contributed by atoms with Gasteiger partial charge in [0, 0.05) is 47.7 Å². The molecule has 0 aliphatic carbocycles. The normalized spacial score (nSPS) is 21.6. The van der Waals surface area contributed by atoms with Crippen LogP contribution in [0.4, 0.5) is 5.69 Å². The van der Waals surface area contributed by atoms with Gasteiger partial charge < -0.3 is 20.3 Å². The zero-order valence-electron chi connectivity index (χ0n) is 18.4. The van der Waals surface area contributed by atoms with Crippen LogP contribution in [0.5, 0.6) is 5.75 Å². The molecule has 5 rings (SSSR count). The van der Waals surface area contributed by atoms with Crippen LogP contribution >= 0.6 is 0 Å². The van der Waals surface area contributed by atoms with Gasteiger partial charge in [0.05, 0.1) is 12.2 Å². The average Bonchev–Trinajstić information content (AvgIpc) is 3.50. The number of hydrogen-bond donors (Lipinski definition) is 2. The summed E-state index contributed by atoms with van der Waals surface area (Å²) in [5.41, 5.74) is 4.39. The molecule has 1 amide bonds. The minimum Gasteiger partial charge on any atom is -0.483 e. The molecule has 3 aliphatic heterocycles. The van der Waals surface area contributed by atoms with Gasteiger partial charge in [-0.2, -0.15) is 5.10 Å². The number of ether oxygens (including phenoxy) is 1. The van der Waals surface area contributed by atoms with Gasteiger partial charge in [-0.15, -0.1) is 0 Å². The molecule has 4 heterocycles. The Hall–Kier alpha value is -2.54. The van der Waals surface area contributed by atoms with Gasteiger partial charge in [0.2, 0.25) is 0 Å². The van der Waals surface area contributed by atoms with E-state index in [-0.39, 0.29) is 12.5 Å². The molecule has 7 nitrogen and oxygen atoms in total. The van der Waals surface area contributed by atoms with Gasteiger partial charge in [0.1, 0.15) is 5.75 Å². The van der Waals surface area contributed by atoms with Crippen molar-refractivity contribution in [3.05, 3.63) is 30.1 Å². The summed E-state index contributed by atoms with van der Waals surface area (Å²) in [7, 11) is 0. The number of carbonyl (C=O) groups is 1. The number of anilines is 1. The third-order valence-corrected chi connectivity index (χ3v) is 6.88. The zero-order valence-corrected chi connectivity index (χ0v) is 18.4. The van der Waals surface area contributed by atoms with Crippen molar-refractivity contribution in [1.82, 2.24) is 20.0 Å². The number of fused-ring (bicyclic) bond motifs is 1. The maximum atomic E-state index is 12.7. The number of rotatable bonds is 5. The van der Waals surface area contributed by atoms with E-state index in [9.17, 15) is 4.79 Å². The van der Waals surface area contributed by atoms with Crippen LogP contribution in [0.15, 0.2) is 24.5 Å². The quantitative estimate of drug-likeness (QED) is 0.773. The molecule has 0 radical (unpaired) electrons. The Morgan fingerprint density at radius 1 is 1.19 bits per heavy atom. The molecule has 2 aromatic rings. The fourth-order valence-corrected chi connectivity index (χ4v) is 5.04. The molecule has 0 saturated carbocycles. The highest BCUT2D eigenvalue weighted by Crippen LogP contribution is 2.41. The van der Waals surface area contributed by atoms with Crippen LogP contribution < -0.4 is 15.4 Å². The number of nitrogens with one attached hydrogen (secondary N) is 2. The smallest absolute Gasteiger partial charge is 0.260 e. The number of amides is 1. The maximum Gasteiger partial charge on any atom is 0.260 e. The van der Waals surface area contributed by atoms with Crippen LogP contribution in [0.1, 0.15) is 50.6 Å². The molecule has 1 atom stereocenters. The summed E-state index contributed by atoms with van der Waals surface area (Å²) < 4.78 is 8.38.